The van der Waals surface area contributed by atoms with E-state index in [9.17, 15) is 50.8 Å². The van der Waals surface area contributed by atoms with E-state index in [4.69, 9.17) is 35.3 Å². The number of carbonyl (C=O) groups is 1. The van der Waals surface area contributed by atoms with Crippen LogP contribution in [0.1, 0.15) is 43.2 Å². The summed E-state index contributed by atoms with van der Waals surface area (Å²) in [7, 11) is 2.22. The van der Waals surface area contributed by atoms with Crippen molar-refractivity contribution in [1.82, 2.24) is 9.13 Å². The minimum Gasteiger partial charge on any atom is -0.489 e. The van der Waals surface area contributed by atoms with Gasteiger partial charge in [0, 0.05) is 30.8 Å². The molecule has 13 nitrogen and oxygen atoms in total. The number of methoxy groups -OCH3 is 1. The van der Waals surface area contributed by atoms with Crippen LogP contribution in [0.3, 0.4) is 0 Å². The summed E-state index contributed by atoms with van der Waals surface area (Å²) >= 11 is 5.80. The standard InChI is InChI=1S/C25H25F3N2O6.C15H11ClF3NO4/c1-5-16-6-7-17(20(12-16)36-15(2)23(32)34-4)14-35-19-10-8-18(9-11-19)30-22(31)13-21(25(26,27)28)29(3)24(30)33;1-2-23-14-8-10(4-5-12(14)20(21)22)24-13-6-3-9(7-11(13)16)15(17,18)19/h6-13,15H,5,14H2,1-4H3;3-8H,2H2,1H3. The summed E-state index contributed by atoms with van der Waals surface area (Å²) < 4.78 is 105. The Balaban J connectivity index is 0.000000287. The number of aromatic nitrogens is 2. The minimum atomic E-state index is -4.84. The molecule has 1 unspecified atom stereocenters. The fraction of sp³-hybridized carbons (Fsp3) is 0.275. The van der Waals surface area contributed by atoms with Gasteiger partial charge >= 0.3 is 29.7 Å². The maximum Gasteiger partial charge on any atom is 0.431 e. The molecule has 0 spiro atoms. The maximum absolute atomic E-state index is 13.1. The topological polar surface area (TPSA) is 150 Å². The average Bonchev–Trinajstić information content (AvgIpc) is 3.19. The molecule has 4 aromatic carbocycles. The first-order valence-electron chi connectivity index (χ1n) is 17.6. The average molecular weight is 868 g/mol. The van der Waals surface area contributed by atoms with Crippen LogP contribution in [0.15, 0.2) is 94.5 Å². The highest BCUT2D eigenvalue weighted by Gasteiger charge is 2.35. The number of hydrogen-bond donors (Lipinski definition) is 0. The second-order valence-electron chi connectivity index (χ2n) is 12.5. The summed E-state index contributed by atoms with van der Waals surface area (Å²) in [5, 5.41) is 10.7. The molecule has 0 N–H and O–H groups in total. The van der Waals surface area contributed by atoms with Crippen molar-refractivity contribution in [3.05, 3.63) is 143 Å². The molecule has 1 heterocycles. The molecule has 0 radical (unpaired) electrons. The molecule has 60 heavy (non-hydrogen) atoms. The number of nitrogens with zero attached hydrogens (tertiary/aromatic N) is 3. The highest BCUT2D eigenvalue weighted by Crippen LogP contribution is 2.38. The van der Waals surface area contributed by atoms with Gasteiger partial charge in [0.2, 0.25) is 5.75 Å². The Morgan fingerprint density at radius 2 is 1.50 bits per heavy atom. The zero-order chi connectivity index (χ0) is 44.5. The van der Waals surface area contributed by atoms with Crippen LogP contribution < -0.4 is 30.2 Å². The molecular formula is C40H36ClF6N3O10. The lowest BCUT2D eigenvalue weighted by molar-refractivity contribution is -0.385. The zero-order valence-electron chi connectivity index (χ0n) is 32.4. The zero-order valence-corrected chi connectivity index (χ0v) is 33.1. The van der Waals surface area contributed by atoms with Gasteiger partial charge in [-0.05, 0) is 80.4 Å². The van der Waals surface area contributed by atoms with Crippen molar-refractivity contribution in [2.75, 3.05) is 13.7 Å². The molecule has 0 aliphatic heterocycles. The van der Waals surface area contributed by atoms with E-state index in [0.717, 1.165) is 37.2 Å². The third-order valence-electron chi connectivity index (χ3n) is 8.39. The number of halogens is 7. The minimum absolute atomic E-state index is 0.0111. The number of carbonyl (C=O) groups excluding carboxylic acids is 1. The van der Waals surface area contributed by atoms with Gasteiger partial charge in [-0.2, -0.15) is 26.3 Å². The van der Waals surface area contributed by atoms with Crippen LogP contribution in [-0.4, -0.2) is 39.8 Å². The summed E-state index contributed by atoms with van der Waals surface area (Å²) in [4.78, 5) is 46.8. The molecule has 0 bridgehead atoms. The lowest BCUT2D eigenvalue weighted by atomic mass is 10.1. The Kier molecular flexibility index (Phi) is 15.0. The van der Waals surface area contributed by atoms with E-state index in [-0.39, 0.29) is 46.9 Å². The van der Waals surface area contributed by atoms with Gasteiger partial charge in [-0.3, -0.25) is 19.5 Å². The highest BCUT2D eigenvalue weighted by molar-refractivity contribution is 6.32. The Bertz CT molecular complexity index is 2450. The van der Waals surface area contributed by atoms with Crippen molar-refractivity contribution in [2.45, 2.75) is 52.3 Å². The quantitative estimate of drug-likeness (QED) is 0.0485. The first-order chi connectivity index (χ1) is 28.2. The van der Waals surface area contributed by atoms with E-state index in [1.807, 2.05) is 25.1 Å². The van der Waals surface area contributed by atoms with Crippen LogP contribution in [0.5, 0.6) is 28.7 Å². The molecule has 1 aromatic heterocycles. The second-order valence-corrected chi connectivity index (χ2v) is 12.9. The number of aryl methyl sites for hydroxylation is 1. The monoisotopic (exact) mass is 867 g/mol. The van der Waals surface area contributed by atoms with Gasteiger partial charge in [-0.1, -0.05) is 30.7 Å². The second kappa shape index (κ2) is 19.5. The molecule has 0 aliphatic rings. The number of nitro groups is 1. The summed E-state index contributed by atoms with van der Waals surface area (Å²) in [5.74, 6) is 0.435. The van der Waals surface area contributed by atoms with E-state index in [0.29, 0.717) is 32.3 Å². The first kappa shape index (κ1) is 46.2. The van der Waals surface area contributed by atoms with Crippen molar-refractivity contribution >= 4 is 23.3 Å². The normalized spacial score (nSPS) is 11.8. The molecule has 20 heteroatoms. The number of nitro benzene ring substituents is 1. The molecule has 5 aromatic rings. The van der Waals surface area contributed by atoms with Gasteiger partial charge < -0.3 is 23.7 Å². The highest BCUT2D eigenvalue weighted by atomic mass is 35.5. The molecule has 0 amide bonds. The Morgan fingerprint density at radius 1 is 0.833 bits per heavy atom. The number of benzene rings is 4. The molecule has 320 valence electrons. The third kappa shape index (κ3) is 11.6. The maximum atomic E-state index is 13.1. The molecule has 0 aliphatic carbocycles. The van der Waals surface area contributed by atoms with E-state index >= 15 is 0 Å². The predicted molar refractivity (Wildman–Crippen MR) is 205 cm³/mol. The molecule has 0 saturated heterocycles. The Morgan fingerprint density at radius 3 is 2.07 bits per heavy atom. The van der Waals surface area contributed by atoms with Gasteiger partial charge in [-0.15, -0.1) is 0 Å². The van der Waals surface area contributed by atoms with Crippen LogP contribution in [0.4, 0.5) is 32.0 Å². The fourth-order valence-electron chi connectivity index (χ4n) is 5.31. The van der Waals surface area contributed by atoms with E-state index in [1.165, 1.54) is 49.6 Å². The summed E-state index contributed by atoms with van der Waals surface area (Å²) in [5.41, 5.74) is -2.95. The number of rotatable bonds is 13. The van der Waals surface area contributed by atoms with E-state index in [2.05, 4.69) is 0 Å². The van der Waals surface area contributed by atoms with Gasteiger partial charge in [0.05, 0.1) is 34.9 Å². The molecule has 0 fully saturated rings. The van der Waals surface area contributed by atoms with Gasteiger partial charge in [0.15, 0.2) is 6.10 Å². The lowest BCUT2D eigenvalue weighted by Crippen LogP contribution is -2.40. The van der Waals surface area contributed by atoms with Crippen LogP contribution in [-0.2, 0) is 42.0 Å². The van der Waals surface area contributed by atoms with Gasteiger partial charge in [0.25, 0.3) is 5.56 Å². The van der Waals surface area contributed by atoms with Crippen LogP contribution in [0.25, 0.3) is 5.69 Å². The number of esters is 1. The van der Waals surface area contributed by atoms with Crippen molar-refractivity contribution in [3.8, 4) is 34.4 Å². The van der Waals surface area contributed by atoms with Crippen molar-refractivity contribution in [3.63, 3.8) is 0 Å². The molecule has 1 atom stereocenters. The molecule has 0 saturated carbocycles. The van der Waals surface area contributed by atoms with Crippen molar-refractivity contribution in [2.24, 2.45) is 7.05 Å². The van der Waals surface area contributed by atoms with Crippen LogP contribution in [0.2, 0.25) is 5.02 Å². The van der Waals surface area contributed by atoms with Gasteiger partial charge in [-0.25, -0.2) is 14.2 Å². The van der Waals surface area contributed by atoms with Crippen LogP contribution >= 0.6 is 11.6 Å². The van der Waals surface area contributed by atoms with E-state index in [1.54, 1.807) is 13.8 Å². The predicted octanol–water partition coefficient (Wildman–Crippen LogP) is 9.09. The van der Waals surface area contributed by atoms with Gasteiger partial charge in [0.1, 0.15) is 35.3 Å². The number of alkyl halides is 6. The Labute approximate surface area is 342 Å². The smallest absolute Gasteiger partial charge is 0.431 e. The van der Waals surface area contributed by atoms with E-state index < -0.39 is 51.9 Å². The van der Waals surface area contributed by atoms with Crippen molar-refractivity contribution < 1.29 is 59.7 Å². The molecule has 5 rings (SSSR count). The van der Waals surface area contributed by atoms with Crippen LogP contribution in [0, 0.1) is 10.1 Å². The SMILES string of the molecule is CCOc1cc(Oc2ccc(C(F)(F)F)cc2Cl)ccc1[N+](=O)[O-].CCc1ccc(COc2ccc(-n3c(=O)cc(C(F)(F)F)n(C)c3=O)cc2)c(OC(C)C(=O)OC)c1. The summed E-state index contributed by atoms with van der Waals surface area (Å²) in [6.07, 6.45) is -9.42. The largest absolute Gasteiger partial charge is 0.489 e. The summed E-state index contributed by atoms with van der Waals surface area (Å²) in [6.45, 7) is 5.49. The number of hydrogen-bond acceptors (Lipinski definition) is 10. The fourth-order valence-corrected chi connectivity index (χ4v) is 5.53. The molecular weight excluding hydrogens is 832 g/mol. The third-order valence-corrected chi connectivity index (χ3v) is 8.69. The lowest BCUT2D eigenvalue weighted by Gasteiger charge is -2.17. The summed E-state index contributed by atoms with van der Waals surface area (Å²) in [6, 6.07) is 18.1. The first-order valence-corrected chi connectivity index (χ1v) is 18.0. The Hall–Kier alpha value is -6.50. The van der Waals surface area contributed by atoms with Crippen molar-refractivity contribution in [1.29, 1.82) is 0 Å². The number of ether oxygens (including phenoxy) is 5.